The molecule has 34 heteroatoms. The first-order valence-corrected chi connectivity index (χ1v) is 44.7. The maximum absolute atomic E-state index is 11.5. The van der Waals surface area contributed by atoms with Gasteiger partial charge in [0.25, 0.3) is 0 Å². The Labute approximate surface area is 796 Å². The van der Waals surface area contributed by atoms with Crippen LogP contribution in [-0.4, -0.2) is 123 Å². The summed E-state index contributed by atoms with van der Waals surface area (Å²) < 4.78 is 91.0. The summed E-state index contributed by atoms with van der Waals surface area (Å²) in [6, 6.07) is 35.6. The van der Waals surface area contributed by atoms with Gasteiger partial charge in [-0.3, -0.25) is 52.7 Å². The number of aliphatic carboxylic acids is 6. The number of rotatable bonds is 43. The number of ether oxygens (including phenoxy) is 2. The van der Waals surface area contributed by atoms with Crippen LogP contribution in [0.2, 0.25) is 0 Å². The fraction of sp³-hybridized carbons (Fsp3) is 0.439. The average Bonchev–Trinajstić information content (AvgIpc) is 1.72. The number of allylic oxidation sites excluding steroid dienone is 2. The van der Waals surface area contributed by atoms with Crippen LogP contribution in [0.4, 0.5) is 0 Å². The first-order chi connectivity index (χ1) is 62.7. The van der Waals surface area contributed by atoms with Crippen LogP contribution in [0.15, 0.2) is 245 Å². The van der Waals surface area contributed by atoms with Crippen LogP contribution in [-0.2, 0) is 96.5 Å². The Morgan fingerprint density at radius 3 is 0.955 bits per heavy atom. The molecule has 32 nitrogen and oxygen atoms in total. The molecule has 10 rings (SSSR count). The van der Waals surface area contributed by atoms with Gasteiger partial charge < -0.3 is 88.8 Å². The van der Waals surface area contributed by atoms with E-state index >= 15 is 0 Å². The van der Waals surface area contributed by atoms with Crippen molar-refractivity contribution >= 4 is 75.2 Å². The second-order valence-corrected chi connectivity index (χ2v) is 29.0. The molecule has 0 unspecified atom stereocenters. The standard InChI is InChI=1S/C13H24O2.C12H14O5S.C12H22O2.C11H8O4.C11H12O2.C8H12O.C7H8O2.C7H10O.C4H6O4.C4H4O.C3H4O4.2C3H6O2.Na/c1-3-4-5-6-7-8-9-10-11-12-13(14)15-2;1-9-5-6-10(16-9)3-2-4-11-7-8-12(17-11)18(13,14)15;1-2-3-4-5-6-7-8-9-10-11-12(13)14;12-8(10-3-1-5-14-10)7-9(13)11-4-2-6-15-11;1(4-10-6-2-8-12-10)5-11-7-3-9-13-11;1-3-4-8-6-5-7(2)9-8;1-2-6(8)7-4-3-5-9-7;1-2-4-7-5-3-6-8-7;1-8-4(7)2-3(5)6;1-2-4-5-3-1;4-2(5)1-3(6)7;2*1-2-3(4)5;/h10-11H,3-9,12H2,1-2H3;5-8H,2-4H2,1H3,(H,13,14,15);9-10H,2-8,11H2,1H3,(H,13,14);1-6H,7H2;2-3,6-9H,1,4-5H2;5-6H,3-4H2,1-2H3;3-5H,2H2,1H3;3,5-6H,2,4H2,1H3;2H2,1H3,(H,5,6);1-4H;1H2,(H,4,5)(H,6,7);2*2H2,1H3,(H,4,5);/q;;;;;;;;;;;;;+1/p-1/b11-10+;;10-9+;;;;;;;;;;;. The summed E-state index contributed by atoms with van der Waals surface area (Å²) >= 11 is 0. The molecule has 6 N–H and O–H groups in total. The van der Waals surface area contributed by atoms with E-state index < -0.39 is 69.8 Å². The SMILES string of the molecule is CCC(=O)O.CCC(=O)O.CCC(=O)c1ccco1.CCCCCCCC/C=C/CC(=O)O.CCCCCCCC/C=C/CC(=O)OC.CCCc1ccc(C)o1.CCCc1ccco1.COC(=O)CC(=O)O.Cc1ccc(CCCc2ccc(S(=O)(=O)[O-])o2)o1.O=C(CC(=O)c1ccco1)c1ccco1.O=C(O)CC(=O)O.[Na+].c1ccoc1.c1coc(CCCc2ccco2)c1. The Balaban J connectivity index is -0.000000684. The number of methoxy groups -OCH3 is 2. The number of carboxylic acids is 6. The van der Waals surface area contributed by atoms with E-state index in [1.54, 1.807) is 75.5 Å². The Kier molecular flexibility index (Phi) is 82.0. The fourth-order valence-electron chi connectivity index (χ4n) is 9.72. The Morgan fingerprint density at radius 2 is 0.667 bits per heavy atom. The zero-order valence-electron chi connectivity index (χ0n) is 78.3. The second-order valence-electron chi connectivity index (χ2n) is 27.7. The number of hydrogen-bond acceptors (Lipinski definition) is 26. The quantitative estimate of drug-likeness (QED) is 0.00393. The molecule has 0 aliphatic rings. The molecule has 132 heavy (non-hydrogen) atoms. The minimum Gasteiger partial charge on any atom is -0.742 e. The summed E-state index contributed by atoms with van der Waals surface area (Å²) in [5.41, 5.74) is 0. The first-order valence-electron chi connectivity index (χ1n) is 43.3. The predicted octanol–water partition coefficient (Wildman–Crippen LogP) is 20.3. The van der Waals surface area contributed by atoms with Crippen LogP contribution in [0, 0.1) is 13.8 Å². The largest absolute Gasteiger partial charge is 1.00 e. The third kappa shape index (κ3) is 80.1. The van der Waals surface area contributed by atoms with Crippen molar-refractivity contribution < 1.29 is 180 Å². The molecule has 10 aromatic heterocycles. The summed E-state index contributed by atoms with van der Waals surface area (Å²) in [5, 5.41) is 46.6. The molecule has 0 fully saturated rings. The van der Waals surface area contributed by atoms with Gasteiger partial charge in [0, 0.05) is 57.8 Å². The van der Waals surface area contributed by atoms with E-state index in [0.29, 0.717) is 30.8 Å². The Hall–Kier alpha value is -12.0. The van der Waals surface area contributed by atoms with Gasteiger partial charge in [0.2, 0.25) is 16.7 Å². The summed E-state index contributed by atoms with van der Waals surface area (Å²) in [6.07, 6.45) is 47.6. The third-order valence-corrected chi connectivity index (χ3v) is 17.1. The van der Waals surface area contributed by atoms with Crippen LogP contribution >= 0.6 is 0 Å². The van der Waals surface area contributed by atoms with Gasteiger partial charge in [-0.1, -0.05) is 137 Å². The predicted molar refractivity (Wildman–Crippen MR) is 488 cm³/mol. The van der Waals surface area contributed by atoms with Gasteiger partial charge >= 0.3 is 77.3 Å². The topological polar surface area (TPSA) is 516 Å². The van der Waals surface area contributed by atoms with Crippen molar-refractivity contribution in [1.82, 2.24) is 0 Å². The molecule has 0 aromatic carbocycles. The number of ketones is 3. The number of hydrogen-bond donors (Lipinski definition) is 6. The van der Waals surface area contributed by atoms with Crippen LogP contribution < -0.4 is 29.6 Å². The normalized spacial score (nSPS) is 9.88. The smallest absolute Gasteiger partial charge is 0.742 e. The van der Waals surface area contributed by atoms with Gasteiger partial charge in [0.15, 0.2) is 33.2 Å². The van der Waals surface area contributed by atoms with Gasteiger partial charge in [0.1, 0.15) is 58.9 Å². The van der Waals surface area contributed by atoms with Crippen LogP contribution in [0.25, 0.3) is 0 Å². The number of furan rings is 10. The molecule has 0 atom stereocenters. The third-order valence-electron chi connectivity index (χ3n) is 16.4. The van der Waals surface area contributed by atoms with Crippen molar-refractivity contribution in [3.8, 4) is 0 Å². The summed E-state index contributed by atoms with van der Waals surface area (Å²) in [4.78, 5) is 112. The van der Waals surface area contributed by atoms with Crippen LogP contribution in [0.1, 0.15) is 293 Å². The molecule has 10 aromatic rings. The van der Waals surface area contributed by atoms with E-state index in [1.165, 1.54) is 127 Å². The second kappa shape index (κ2) is 85.7. The molecule has 10 heterocycles. The molecule has 0 amide bonds. The van der Waals surface area contributed by atoms with E-state index in [2.05, 4.69) is 47.7 Å². The average molecular weight is 1880 g/mol. The molecule has 0 aliphatic carbocycles. The Morgan fingerprint density at radius 1 is 0.326 bits per heavy atom. The van der Waals surface area contributed by atoms with E-state index in [9.17, 15) is 65.7 Å². The van der Waals surface area contributed by atoms with E-state index in [4.69, 9.17) is 70.4 Å². The zero-order valence-corrected chi connectivity index (χ0v) is 81.1. The van der Waals surface area contributed by atoms with Crippen molar-refractivity contribution in [1.29, 1.82) is 0 Å². The molecule has 0 saturated carbocycles. The minimum absolute atomic E-state index is 0. The summed E-state index contributed by atoms with van der Waals surface area (Å²) in [5.74, 6) is 0.832. The van der Waals surface area contributed by atoms with E-state index in [0.717, 1.165) is 118 Å². The van der Waals surface area contributed by atoms with E-state index in [-0.39, 0.29) is 90.1 Å². The van der Waals surface area contributed by atoms with Crippen LogP contribution in [0.3, 0.4) is 0 Å². The molecule has 0 bridgehead atoms. The van der Waals surface area contributed by atoms with E-state index in [1.807, 2.05) is 106 Å². The maximum Gasteiger partial charge on any atom is 1.00 e. The van der Waals surface area contributed by atoms with Crippen LogP contribution in [0.5, 0.6) is 0 Å². The summed E-state index contributed by atoms with van der Waals surface area (Å²) in [7, 11) is -1.93. The van der Waals surface area contributed by atoms with Gasteiger partial charge in [0.05, 0.1) is 83.6 Å². The monoisotopic (exact) mass is 1880 g/mol. The number of esters is 2. The molecule has 0 radical (unpaired) electrons. The zero-order chi connectivity index (χ0) is 98.5. The number of unbranched alkanes of at least 4 members (excludes halogenated alkanes) is 12. The maximum atomic E-state index is 11.5. The van der Waals surface area contributed by atoms with Gasteiger partial charge in [-0.15, -0.1) is 0 Å². The van der Waals surface area contributed by atoms with Crippen molar-refractivity contribution in [2.24, 2.45) is 0 Å². The number of aryl methyl sites for hydroxylation is 8. The molecular weight excluding hydrogens is 1740 g/mol. The summed E-state index contributed by atoms with van der Waals surface area (Å²) in [6.45, 7) is 17.6. The van der Waals surface area contributed by atoms with Gasteiger partial charge in [-0.05, 0) is 187 Å². The van der Waals surface area contributed by atoms with Crippen molar-refractivity contribution in [3.63, 3.8) is 0 Å². The van der Waals surface area contributed by atoms with Crippen molar-refractivity contribution in [2.45, 2.75) is 273 Å². The number of carboxylic acid groups (broad SMARTS) is 6. The molecule has 0 aliphatic heterocycles. The molecular formula is C98H135NaO32S. The first kappa shape index (κ1) is 126. The number of carbonyl (C=O) groups is 11. The molecule has 0 saturated heterocycles. The minimum atomic E-state index is -4.49. The fourth-order valence-corrected chi connectivity index (χ4v) is 10.2. The molecule has 726 valence electrons. The van der Waals surface area contributed by atoms with Gasteiger partial charge in [-0.2, -0.15) is 0 Å². The number of carbonyl (C=O) groups excluding carboxylic acids is 5. The number of Topliss-reactive ketones (excluding diaryl/α,β-unsaturated/α-hetero) is 3. The Bertz CT molecular complexity index is 4490. The molecule has 0 spiro atoms. The van der Waals surface area contributed by atoms with Gasteiger partial charge in [-0.25, -0.2) is 8.42 Å². The van der Waals surface area contributed by atoms with Crippen molar-refractivity contribution in [3.05, 3.63) is 259 Å². The van der Waals surface area contributed by atoms with Crippen molar-refractivity contribution in [2.75, 3.05) is 14.2 Å².